The van der Waals surface area contributed by atoms with Crippen LogP contribution in [0, 0.1) is 5.82 Å². The number of nitrogens with two attached hydrogens (primary N) is 1. The van der Waals surface area contributed by atoms with Gasteiger partial charge in [0.25, 0.3) is 0 Å². The monoisotopic (exact) mass is 291 g/mol. The summed E-state index contributed by atoms with van der Waals surface area (Å²) in [4.78, 5) is 0. The summed E-state index contributed by atoms with van der Waals surface area (Å²) < 4.78 is 19.5. The quantitative estimate of drug-likeness (QED) is 0.912. The number of rotatable bonds is 2. The second kappa shape index (κ2) is 5.43. The molecule has 2 aromatic carbocycles. The predicted molar refractivity (Wildman–Crippen MR) is 77.7 cm³/mol. The third-order valence-corrected chi connectivity index (χ3v) is 3.82. The molecule has 2 N–H and O–H groups in total. The van der Waals surface area contributed by atoms with Crippen molar-refractivity contribution in [3.63, 3.8) is 0 Å². The van der Waals surface area contributed by atoms with Crippen molar-refractivity contribution in [2.75, 3.05) is 6.61 Å². The number of benzene rings is 2. The first-order valence-corrected chi connectivity index (χ1v) is 6.99. The molecular formula is C16H15ClFNO. The van der Waals surface area contributed by atoms with Gasteiger partial charge in [-0.05, 0) is 48.2 Å². The average Bonchev–Trinajstić information content (AvgIpc) is 2.48. The van der Waals surface area contributed by atoms with Crippen LogP contribution < -0.4 is 10.5 Å². The van der Waals surface area contributed by atoms with E-state index >= 15 is 0 Å². The summed E-state index contributed by atoms with van der Waals surface area (Å²) in [6.45, 7) is 0.751. The van der Waals surface area contributed by atoms with Gasteiger partial charge in [0.1, 0.15) is 11.6 Å². The maximum atomic E-state index is 13.9. The van der Waals surface area contributed by atoms with Gasteiger partial charge in [0, 0.05) is 10.6 Å². The first kappa shape index (κ1) is 13.4. The Morgan fingerprint density at radius 2 is 2.05 bits per heavy atom. The molecule has 1 heterocycles. The number of hydrogen-bond donors (Lipinski definition) is 1. The van der Waals surface area contributed by atoms with Gasteiger partial charge in [0.05, 0.1) is 12.6 Å². The molecule has 2 aromatic rings. The fourth-order valence-electron chi connectivity index (χ4n) is 2.51. The zero-order valence-corrected chi connectivity index (χ0v) is 11.7. The van der Waals surface area contributed by atoms with E-state index in [0.29, 0.717) is 10.6 Å². The Bertz CT molecular complexity index is 644. The Kier molecular flexibility index (Phi) is 3.64. The van der Waals surface area contributed by atoms with Crippen LogP contribution in [0.5, 0.6) is 5.75 Å². The molecule has 1 atom stereocenters. The van der Waals surface area contributed by atoms with E-state index in [1.54, 1.807) is 6.07 Å². The molecule has 1 unspecified atom stereocenters. The molecule has 0 fully saturated rings. The van der Waals surface area contributed by atoms with Crippen molar-refractivity contribution < 1.29 is 9.13 Å². The zero-order valence-electron chi connectivity index (χ0n) is 10.9. The third-order valence-electron chi connectivity index (χ3n) is 3.58. The number of halogens is 2. The van der Waals surface area contributed by atoms with E-state index in [1.165, 1.54) is 12.1 Å². The van der Waals surface area contributed by atoms with Gasteiger partial charge >= 0.3 is 0 Å². The second-order valence-corrected chi connectivity index (χ2v) is 5.40. The van der Waals surface area contributed by atoms with E-state index in [0.717, 1.165) is 36.3 Å². The lowest BCUT2D eigenvalue weighted by Gasteiger charge is -2.20. The lowest BCUT2D eigenvalue weighted by molar-refractivity contribution is 0.288. The van der Waals surface area contributed by atoms with Crippen LogP contribution in [0.3, 0.4) is 0 Å². The SMILES string of the molecule is NC(c1ccc2c(c1)CCCO2)c1cc(Cl)ccc1F. The molecule has 4 heteroatoms. The van der Waals surface area contributed by atoms with Gasteiger partial charge in [0.15, 0.2) is 0 Å². The van der Waals surface area contributed by atoms with Gasteiger partial charge in [0.2, 0.25) is 0 Å². The second-order valence-electron chi connectivity index (χ2n) is 4.96. The van der Waals surface area contributed by atoms with E-state index in [9.17, 15) is 4.39 Å². The van der Waals surface area contributed by atoms with Crippen LogP contribution in [-0.2, 0) is 6.42 Å². The number of hydrogen-bond acceptors (Lipinski definition) is 2. The normalized spacial score (nSPS) is 15.3. The Labute approximate surface area is 122 Å². The minimum Gasteiger partial charge on any atom is -0.493 e. The minimum absolute atomic E-state index is 0.337. The van der Waals surface area contributed by atoms with Crippen molar-refractivity contribution in [2.45, 2.75) is 18.9 Å². The maximum Gasteiger partial charge on any atom is 0.128 e. The third kappa shape index (κ3) is 2.51. The molecule has 0 radical (unpaired) electrons. The molecule has 0 spiro atoms. The molecule has 0 bridgehead atoms. The van der Waals surface area contributed by atoms with Crippen molar-refractivity contribution in [2.24, 2.45) is 5.73 Å². The lowest BCUT2D eigenvalue weighted by atomic mass is 9.95. The topological polar surface area (TPSA) is 35.2 Å². The maximum absolute atomic E-state index is 13.9. The van der Waals surface area contributed by atoms with E-state index in [4.69, 9.17) is 22.1 Å². The van der Waals surface area contributed by atoms with Crippen LogP contribution in [0.4, 0.5) is 4.39 Å². The fourth-order valence-corrected chi connectivity index (χ4v) is 2.69. The fraction of sp³-hybridized carbons (Fsp3) is 0.250. The van der Waals surface area contributed by atoms with E-state index < -0.39 is 6.04 Å². The van der Waals surface area contributed by atoms with Crippen LogP contribution in [0.2, 0.25) is 5.02 Å². The van der Waals surface area contributed by atoms with Crippen LogP contribution in [0.25, 0.3) is 0 Å². The first-order chi connectivity index (χ1) is 9.65. The van der Waals surface area contributed by atoms with Crippen molar-refractivity contribution in [3.8, 4) is 5.75 Å². The molecule has 1 aliphatic heterocycles. The largest absolute Gasteiger partial charge is 0.493 e. The average molecular weight is 292 g/mol. The van der Waals surface area contributed by atoms with E-state index in [-0.39, 0.29) is 5.82 Å². The Morgan fingerprint density at radius 3 is 2.90 bits per heavy atom. The molecule has 0 amide bonds. The molecule has 0 saturated carbocycles. The Morgan fingerprint density at radius 1 is 1.20 bits per heavy atom. The zero-order chi connectivity index (χ0) is 14.1. The summed E-state index contributed by atoms with van der Waals surface area (Å²) in [5, 5.41) is 0.484. The number of aryl methyl sites for hydroxylation is 1. The molecule has 0 aromatic heterocycles. The smallest absolute Gasteiger partial charge is 0.128 e. The van der Waals surface area contributed by atoms with Crippen LogP contribution >= 0.6 is 11.6 Å². The molecule has 2 nitrogen and oxygen atoms in total. The molecule has 3 rings (SSSR count). The van der Waals surface area contributed by atoms with Gasteiger partial charge in [-0.2, -0.15) is 0 Å². The summed E-state index contributed by atoms with van der Waals surface area (Å²) in [5.74, 6) is 0.564. The van der Waals surface area contributed by atoms with Crippen LogP contribution in [-0.4, -0.2) is 6.61 Å². The molecule has 0 aliphatic carbocycles. The molecule has 20 heavy (non-hydrogen) atoms. The molecular weight excluding hydrogens is 277 g/mol. The number of fused-ring (bicyclic) bond motifs is 1. The summed E-state index contributed by atoms with van der Waals surface area (Å²) in [7, 11) is 0. The van der Waals surface area contributed by atoms with Gasteiger partial charge in [-0.1, -0.05) is 23.7 Å². The summed E-state index contributed by atoms with van der Waals surface area (Å²) >= 11 is 5.92. The van der Waals surface area contributed by atoms with Crippen LogP contribution in [0.1, 0.15) is 29.2 Å². The van der Waals surface area contributed by atoms with Crippen LogP contribution in [0.15, 0.2) is 36.4 Å². The van der Waals surface area contributed by atoms with Gasteiger partial charge < -0.3 is 10.5 Å². The summed E-state index contributed by atoms with van der Waals surface area (Å²) in [6.07, 6.45) is 1.96. The minimum atomic E-state index is -0.527. The molecule has 0 saturated heterocycles. The highest BCUT2D eigenvalue weighted by molar-refractivity contribution is 6.30. The van der Waals surface area contributed by atoms with Gasteiger partial charge in [-0.3, -0.25) is 0 Å². The Balaban J connectivity index is 1.97. The molecule has 104 valence electrons. The predicted octanol–water partition coefficient (Wildman–Crippen LogP) is 3.85. The highest BCUT2D eigenvalue weighted by Gasteiger charge is 2.17. The Hall–Kier alpha value is -1.58. The summed E-state index contributed by atoms with van der Waals surface area (Å²) in [6, 6.07) is 9.71. The van der Waals surface area contributed by atoms with Gasteiger partial charge in [-0.25, -0.2) is 4.39 Å². The standard InChI is InChI=1S/C16H15ClFNO/c17-12-4-5-14(18)13(9-12)16(19)11-3-6-15-10(8-11)2-1-7-20-15/h3-6,8-9,16H,1-2,7,19H2. The number of ether oxygens (including phenoxy) is 1. The highest BCUT2D eigenvalue weighted by Crippen LogP contribution is 2.30. The molecule has 1 aliphatic rings. The van der Waals surface area contributed by atoms with E-state index in [2.05, 4.69) is 0 Å². The van der Waals surface area contributed by atoms with Crippen molar-refractivity contribution in [1.82, 2.24) is 0 Å². The first-order valence-electron chi connectivity index (χ1n) is 6.61. The van der Waals surface area contributed by atoms with Crippen molar-refractivity contribution >= 4 is 11.6 Å². The lowest BCUT2D eigenvalue weighted by Crippen LogP contribution is -2.15. The van der Waals surface area contributed by atoms with Crippen molar-refractivity contribution in [3.05, 3.63) is 63.9 Å². The van der Waals surface area contributed by atoms with Crippen molar-refractivity contribution in [1.29, 1.82) is 0 Å². The van der Waals surface area contributed by atoms with E-state index in [1.807, 2.05) is 18.2 Å². The highest BCUT2D eigenvalue weighted by atomic mass is 35.5. The summed E-state index contributed by atoms with van der Waals surface area (Å²) in [5.41, 5.74) is 8.59. The van der Waals surface area contributed by atoms with Gasteiger partial charge in [-0.15, -0.1) is 0 Å².